The Hall–Kier alpha value is -2.66. The van der Waals surface area contributed by atoms with Crippen molar-refractivity contribution < 1.29 is 9.59 Å². The lowest BCUT2D eigenvalue weighted by atomic mass is 9.86. The van der Waals surface area contributed by atoms with E-state index in [2.05, 4.69) is 60.6 Å². The van der Waals surface area contributed by atoms with E-state index in [1.54, 1.807) is 6.92 Å². The Labute approximate surface area is 186 Å². The molecule has 2 N–H and O–H groups in total. The van der Waals surface area contributed by atoms with E-state index in [0.29, 0.717) is 12.1 Å². The van der Waals surface area contributed by atoms with Gasteiger partial charge in [0.2, 0.25) is 5.91 Å². The Bertz CT molecular complexity index is 876. The lowest BCUT2D eigenvalue weighted by molar-refractivity contribution is -0.122. The molecule has 0 bridgehead atoms. The third-order valence-corrected chi connectivity index (χ3v) is 5.85. The van der Waals surface area contributed by atoms with Crippen LogP contribution in [0.4, 0.5) is 0 Å². The Morgan fingerprint density at radius 1 is 0.935 bits per heavy atom. The smallest absolute Gasteiger partial charge is 0.251 e. The summed E-state index contributed by atoms with van der Waals surface area (Å²) < 4.78 is 0. The van der Waals surface area contributed by atoms with Gasteiger partial charge in [0.25, 0.3) is 5.91 Å². The molecule has 2 amide bonds. The Morgan fingerprint density at radius 3 is 2.10 bits per heavy atom. The van der Waals surface area contributed by atoms with Crippen molar-refractivity contribution >= 4 is 11.8 Å². The first-order valence-electron chi connectivity index (χ1n) is 11.2. The second kappa shape index (κ2) is 10.1. The number of carbonyl (C=O) groups excluding carboxylic acids is 2. The van der Waals surface area contributed by atoms with Crippen LogP contribution in [-0.2, 0) is 23.3 Å². The number of nitrogens with zero attached hydrogens (tertiary/aromatic N) is 1. The van der Waals surface area contributed by atoms with E-state index in [-0.39, 0.29) is 17.2 Å². The fourth-order valence-electron chi connectivity index (χ4n) is 3.77. The first kappa shape index (κ1) is 23.0. The second-order valence-electron chi connectivity index (χ2n) is 9.54. The maximum atomic E-state index is 12.5. The van der Waals surface area contributed by atoms with E-state index in [1.807, 2.05) is 24.3 Å². The molecule has 0 aromatic heterocycles. The summed E-state index contributed by atoms with van der Waals surface area (Å²) in [4.78, 5) is 27.4. The van der Waals surface area contributed by atoms with Gasteiger partial charge in [-0.1, -0.05) is 57.2 Å². The highest BCUT2D eigenvalue weighted by molar-refractivity contribution is 5.97. The summed E-state index contributed by atoms with van der Waals surface area (Å²) in [6, 6.07) is 15.3. The van der Waals surface area contributed by atoms with Gasteiger partial charge in [-0.25, -0.2) is 0 Å². The van der Waals surface area contributed by atoms with E-state index in [4.69, 9.17) is 0 Å². The fourth-order valence-corrected chi connectivity index (χ4v) is 3.77. The summed E-state index contributed by atoms with van der Waals surface area (Å²) in [5, 5.41) is 5.70. The predicted octanol–water partition coefficient (Wildman–Crippen LogP) is 4.01. The highest BCUT2D eigenvalue weighted by Crippen LogP contribution is 2.22. The molecule has 1 fully saturated rings. The molecule has 5 heteroatoms. The van der Waals surface area contributed by atoms with Crippen molar-refractivity contribution in [2.45, 2.75) is 65.1 Å². The van der Waals surface area contributed by atoms with E-state index in [9.17, 15) is 9.59 Å². The van der Waals surface area contributed by atoms with Crippen LogP contribution in [0.2, 0.25) is 0 Å². The highest BCUT2D eigenvalue weighted by Gasteiger charge is 2.18. The zero-order valence-corrected chi connectivity index (χ0v) is 19.2. The zero-order chi connectivity index (χ0) is 22.4. The summed E-state index contributed by atoms with van der Waals surface area (Å²) in [6.07, 6.45) is 2.59. The average molecular weight is 422 g/mol. The van der Waals surface area contributed by atoms with E-state index in [1.165, 1.54) is 37.1 Å². The molecular weight excluding hydrogens is 386 g/mol. The molecule has 1 aliphatic rings. The van der Waals surface area contributed by atoms with Gasteiger partial charge >= 0.3 is 0 Å². The standard InChI is InChI=1S/C26H35N3O2/c1-19(28-25(31)22-11-13-23(14-12-22)26(2,3)4)24(30)27-17-20-7-9-21(10-8-20)18-29-15-5-6-16-29/h7-14,19H,5-6,15-18H2,1-4H3,(H,27,30)(H,28,31)/t19-/m0/s1. The van der Waals surface area contributed by atoms with Gasteiger partial charge < -0.3 is 10.6 Å². The van der Waals surface area contributed by atoms with E-state index in [0.717, 1.165) is 12.1 Å². The van der Waals surface area contributed by atoms with Crippen molar-refractivity contribution in [3.63, 3.8) is 0 Å². The summed E-state index contributed by atoms with van der Waals surface area (Å²) in [7, 11) is 0. The minimum atomic E-state index is -0.607. The van der Waals surface area contributed by atoms with Gasteiger partial charge in [-0.3, -0.25) is 14.5 Å². The van der Waals surface area contributed by atoms with Crippen LogP contribution in [0.15, 0.2) is 48.5 Å². The molecule has 1 atom stereocenters. The minimum Gasteiger partial charge on any atom is -0.350 e. The molecule has 0 radical (unpaired) electrons. The van der Waals surface area contributed by atoms with Crippen molar-refractivity contribution in [3.05, 3.63) is 70.8 Å². The first-order valence-corrected chi connectivity index (χ1v) is 11.2. The van der Waals surface area contributed by atoms with Gasteiger partial charge in [-0.15, -0.1) is 0 Å². The topological polar surface area (TPSA) is 61.4 Å². The first-order chi connectivity index (χ1) is 14.7. The molecular formula is C26H35N3O2. The molecule has 0 aliphatic carbocycles. The molecule has 1 aliphatic heterocycles. The number of rotatable bonds is 7. The summed E-state index contributed by atoms with van der Waals surface area (Å²) in [6.45, 7) is 11.9. The van der Waals surface area contributed by atoms with Crippen LogP contribution in [0.25, 0.3) is 0 Å². The molecule has 2 aromatic rings. The number of nitrogens with one attached hydrogen (secondary N) is 2. The Kier molecular flexibility index (Phi) is 7.50. The summed E-state index contributed by atoms with van der Waals surface area (Å²) in [5.41, 5.74) is 4.11. The molecule has 1 saturated heterocycles. The quantitative estimate of drug-likeness (QED) is 0.710. The van der Waals surface area contributed by atoms with Gasteiger partial charge in [-0.05, 0) is 67.1 Å². The third kappa shape index (κ3) is 6.66. The number of hydrogen-bond acceptors (Lipinski definition) is 3. The third-order valence-electron chi connectivity index (χ3n) is 5.85. The summed E-state index contributed by atoms with van der Waals surface area (Å²) >= 11 is 0. The lowest BCUT2D eigenvalue weighted by Gasteiger charge is -2.19. The molecule has 2 aromatic carbocycles. The van der Waals surface area contributed by atoms with Crippen LogP contribution in [0.1, 0.15) is 67.6 Å². The van der Waals surface area contributed by atoms with Crippen LogP contribution in [0.5, 0.6) is 0 Å². The molecule has 1 heterocycles. The van der Waals surface area contributed by atoms with Gasteiger partial charge in [0.1, 0.15) is 6.04 Å². The number of hydrogen-bond donors (Lipinski definition) is 2. The van der Waals surface area contributed by atoms with Crippen molar-refractivity contribution in [2.75, 3.05) is 13.1 Å². The Morgan fingerprint density at radius 2 is 1.52 bits per heavy atom. The summed E-state index contributed by atoms with van der Waals surface area (Å²) in [5.74, 6) is -0.435. The van der Waals surface area contributed by atoms with Crippen LogP contribution in [0.3, 0.4) is 0 Å². The van der Waals surface area contributed by atoms with Crippen molar-refractivity contribution in [1.29, 1.82) is 0 Å². The molecule has 31 heavy (non-hydrogen) atoms. The molecule has 0 spiro atoms. The zero-order valence-electron chi connectivity index (χ0n) is 19.2. The number of amides is 2. The molecule has 0 saturated carbocycles. The highest BCUT2D eigenvalue weighted by atomic mass is 16.2. The van der Waals surface area contributed by atoms with Crippen molar-refractivity contribution in [3.8, 4) is 0 Å². The monoisotopic (exact) mass is 421 g/mol. The second-order valence-corrected chi connectivity index (χ2v) is 9.54. The van der Waals surface area contributed by atoms with E-state index >= 15 is 0 Å². The fraction of sp³-hybridized carbons (Fsp3) is 0.462. The Balaban J connectivity index is 1.46. The number of carbonyl (C=O) groups is 2. The van der Waals surface area contributed by atoms with Crippen LogP contribution in [0, 0.1) is 0 Å². The average Bonchev–Trinajstić information content (AvgIpc) is 3.25. The van der Waals surface area contributed by atoms with Gasteiger partial charge in [0.05, 0.1) is 0 Å². The largest absolute Gasteiger partial charge is 0.350 e. The van der Waals surface area contributed by atoms with Crippen LogP contribution >= 0.6 is 0 Å². The lowest BCUT2D eigenvalue weighted by Crippen LogP contribution is -2.44. The van der Waals surface area contributed by atoms with Crippen molar-refractivity contribution in [2.24, 2.45) is 0 Å². The maximum absolute atomic E-state index is 12.5. The van der Waals surface area contributed by atoms with Crippen LogP contribution < -0.4 is 10.6 Å². The number of likely N-dealkylation sites (tertiary alicyclic amines) is 1. The normalized spacial score (nSPS) is 15.5. The van der Waals surface area contributed by atoms with Gasteiger partial charge in [0.15, 0.2) is 0 Å². The molecule has 5 nitrogen and oxygen atoms in total. The SMILES string of the molecule is C[C@H](NC(=O)c1ccc(C(C)(C)C)cc1)C(=O)NCc1ccc(CN2CCCC2)cc1. The van der Waals surface area contributed by atoms with Gasteiger partial charge in [0, 0.05) is 18.7 Å². The van der Waals surface area contributed by atoms with Crippen LogP contribution in [-0.4, -0.2) is 35.8 Å². The van der Waals surface area contributed by atoms with Crippen molar-refractivity contribution in [1.82, 2.24) is 15.5 Å². The number of benzene rings is 2. The molecule has 0 unspecified atom stereocenters. The van der Waals surface area contributed by atoms with E-state index < -0.39 is 6.04 Å². The molecule has 166 valence electrons. The predicted molar refractivity (Wildman–Crippen MR) is 125 cm³/mol. The minimum absolute atomic E-state index is 0.0363. The van der Waals surface area contributed by atoms with Gasteiger partial charge in [-0.2, -0.15) is 0 Å². The molecule has 3 rings (SSSR count). The maximum Gasteiger partial charge on any atom is 0.251 e.